The van der Waals surface area contributed by atoms with Crippen molar-refractivity contribution in [1.82, 2.24) is 19.9 Å². The van der Waals surface area contributed by atoms with Crippen molar-refractivity contribution in [1.29, 1.82) is 0 Å². The van der Waals surface area contributed by atoms with Gasteiger partial charge in [-0.2, -0.15) is 0 Å². The lowest BCUT2D eigenvalue weighted by atomic mass is 9.92. The van der Waals surface area contributed by atoms with E-state index in [0.29, 0.717) is 0 Å². The number of unbranched alkanes of at least 4 members (excludes halogenated alkanes) is 7. The van der Waals surface area contributed by atoms with Crippen LogP contribution in [0.4, 0.5) is 0 Å². The lowest BCUT2D eigenvalue weighted by molar-refractivity contribution is -0.870. The minimum absolute atomic E-state index is 0.724. The molecule has 8 bridgehead atoms. The lowest BCUT2D eigenvalue weighted by Crippen LogP contribution is -2.35. The van der Waals surface area contributed by atoms with Gasteiger partial charge in [0.2, 0.25) is 0 Å². The number of ether oxygens (including phenoxy) is 1. The van der Waals surface area contributed by atoms with Crippen molar-refractivity contribution >= 4 is 46.4 Å². The van der Waals surface area contributed by atoms with E-state index in [-0.39, 0.29) is 0 Å². The summed E-state index contributed by atoms with van der Waals surface area (Å²) in [6, 6.07) is 31.3. The number of aryl methyl sites for hydroxylation is 9. The van der Waals surface area contributed by atoms with E-state index in [0.717, 1.165) is 95.9 Å². The predicted molar refractivity (Wildman–Crippen MR) is 309 cm³/mol. The highest BCUT2D eigenvalue weighted by Gasteiger charge is 2.23. The number of H-pyrrole nitrogens is 2. The molecular weight excluding hydrogens is 879 g/mol. The van der Waals surface area contributed by atoms with E-state index in [9.17, 15) is 0 Å². The maximum atomic E-state index is 6.37. The number of hydrogen-bond acceptors (Lipinski definition) is 3. The standard InChI is InChI=1S/C66H76N5O/c1-41-35-44(4)60(45(5)36-41)64-54-27-25-52(67-54)63(50-21-23-51(24-22-50)72-34-20-18-16-14-13-15-17-19-33-71(10,11)12)53-26-28-55(68-53)65(61-46(6)37-42(2)38-47(61)7)57-30-32-59(70-57)66(58-31-29-56(64)69-58)62-48(8)39-43(3)40-49(62)9/h21-32,35-40,67,70H,13-20,33-34H2,1-12H3/q+1. The van der Waals surface area contributed by atoms with E-state index >= 15 is 0 Å². The maximum absolute atomic E-state index is 6.37. The number of hydrogen-bond donors (Lipinski definition) is 2. The quantitative estimate of drug-likeness (QED) is 0.0749. The zero-order chi connectivity index (χ0) is 50.8. The van der Waals surface area contributed by atoms with Gasteiger partial charge >= 0.3 is 0 Å². The Morgan fingerprint density at radius 1 is 0.375 bits per heavy atom. The molecule has 0 radical (unpaired) electrons. The molecule has 0 atom stereocenters. The molecular formula is C66H76N5O+. The fraction of sp³-hybridized carbons (Fsp3) is 0.333. The van der Waals surface area contributed by atoms with E-state index < -0.39 is 0 Å². The van der Waals surface area contributed by atoms with Crippen LogP contribution < -0.4 is 4.74 Å². The minimum atomic E-state index is 0.724. The molecule has 0 spiro atoms. The third kappa shape index (κ3) is 10.9. The van der Waals surface area contributed by atoms with Crippen LogP contribution in [-0.4, -0.2) is 58.7 Å². The molecule has 0 unspecified atom stereocenters. The molecule has 0 amide bonds. The number of nitrogens with zero attached hydrogens (tertiary/aromatic N) is 3. The average Bonchev–Trinajstić information content (AvgIpc) is 4.16. The number of fused-ring (bicyclic) bond motifs is 8. The first-order valence-electron chi connectivity index (χ1n) is 26.5. The van der Waals surface area contributed by atoms with E-state index in [1.54, 1.807) is 0 Å². The summed E-state index contributed by atoms with van der Waals surface area (Å²) in [6.45, 7) is 21.9. The Hall–Kier alpha value is -6.76. The van der Waals surface area contributed by atoms with Gasteiger partial charge < -0.3 is 19.2 Å². The van der Waals surface area contributed by atoms with Gasteiger partial charge in [0, 0.05) is 44.3 Å². The minimum Gasteiger partial charge on any atom is -0.494 e. The van der Waals surface area contributed by atoms with E-state index in [1.165, 1.54) is 118 Å². The van der Waals surface area contributed by atoms with Crippen molar-refractivity contribution in [3.63, 3.8) is 0 Å². The second-order valence-electron chi connectivity index (χ2n) is 22.0. The van der Waals surface area contributed by atoms with Crippen LogP contribution in [0.15, 0.2) is 84.9 Å². The molecule has 0 saturated heterocycles. The molecule has 6 heteroatoms. The smallest absolute Gasteiger partial charge is 0.119 e. The van der Waals surface area contributed by atoms with Gasteiger partial charge in [-0.15, -0.1) is 0 Å². The molecule has 9 rings (SSSR count). The van der Waals surface area contributed by atoms with Crippen molar-refractivity contribution in [2.75, 3.05) is 34.3 Å². The van der Waals surface area contributed by atoms with E-state index in [1.807, 2.05) is 0 Å². The average molecular weight is 955 g/mol. The van der Waals surface area contributed by atoms with Crippen LogP contribution in [0.3, 0.4) is 0 Å². The van der Waals surface area contributed by atoms with Crippen molar-refractivity contribution in [2.45, 2.75) is 114 Å². The molecule has 0 saturated carbocycles. The largest absolute Gasteiger partial charge is 0.494 e. The summed E-state index contributed by atoms with van der Waals surface area (Å²) < 4.78 is 7.43. The molecule has 2 aliphatic rings. The van der Waals surface area contributed by atoms with Gasteiger partial charge in [-0.3, -0.25) is 0 Å². The fourth-order valence-corrected chi connectivity index (χ4v) is 11.7. The molecule has 4 aromatic carbocycles. The Bertz CT molecular complexity index is 3280. The summed E-state index contributed by atoms with van der Waals surface area (Å²) in [5.41, 5.74) is 27.7. The summed E-state index contributed by atoms with van der Waals surface area (Å²) >= 11 is 0. The Kier molecular flexibility index (Phi) is 14.7. The van der Waals surface area contributed by atoms with Crippen molar-refractivity contribution in [3.8, 4) is 50.3 Å². The maximum Gasteiger partial charge on any atom is 0.119 e. The van der Waals surface area contributed by atoms with Gasteiger partial charge in [0.05, 0.1) is 57.1 Å². The first kappa shape index (κ1) is 50.2. The van der Waals surface area contributed by atoms with Crippen LogP contribution >= 0.6 is 0 Å². The van der Waals surface area contributed by atoms with Crippen molar-refractivity contribution < 1.29 is 9.22 Å². The van der Waals surface area contributed by atoms with Gasteiger partial charge in [-0.25, -0.2) is 9.97 Å². The molecule has 2 N–H and O–H groups in total. The van der Waals surface area contributed by atoms with Gasteiger partial charge in [0.15, 0.2) is 0 Å². The highest BCUT2D eigenvalue weighted by molar-refractivity contribution is 6.01. The lowest BCUT2D eigenvalue weighted by Gasteiger charge is -2.23. The summed E-state index contributed by atoms with van der Waals surface area (Å²) in [7, 11) is 6.85. The predicted octanol–water partition coefficient (Wildman–Crippen LogP) is 17.3. The Balaban J connectivity index is 1.21. The van der Waals surface area contributed by atoms with Gasteiger partial charge in [-0.05, 0) is 198 Å². The monoisotopic (exact) mass is 955 g/mol. The van der Waals surface area contributed by atoms with E-state index in [4.69, 9.17) is 14.7 Å². The van der Waals surface area contributed by atoms with Gasteiger partial charge in [0.1, 0.15) is 5.75 Å². The van der Waals surface area contributed by atoms with E-state index in [2.05, 4.69) is 203 Å². The molecule has 6 nitrogen and oxygen atoms in total. The first-order valence-corrected chi connectivity index (χ1v) is 26.5. The van der Waals surface area contributed by atoms with Crippen LogP contribution in [0.2, 0.25) is 0 Å². The number of rotatable bonds is 16. The number of benzene rings is 4. The Morgan fingerprint density at radius 2 is 0.694 bits per heavy atom. The second-order valence-corrected chi connectivity index (χ2v) is 22.0. The summed E-state index contributed by atoms with van der Waals surface area (Å²) in [4.78, 5) is 19.3. The van der Waals surface area contributed by atoms with Crippen LogP contribution in [-0.2, 0) is 0 Å². The SMILES string of the molecule is Cc1cc(C)c(-c2c3nc(c(-c4c(C)cc(C)cc4C)c4ccc([nH]4)c(-c4c(C)cc(C)cc4C)c4nc(c(-c5ccc(OCCCCCCCCCC[N+](C)(C)C)cc5)c5ccc2[nH]5)C=C4)C=C3)c(C)c1. The molecule has 0 fully saturated rings. The Morgan fingerprint density at radius 3 is 1.06 bits per heavy atom. The van der Waals surface area contributed by atoms with Crippen LogP contribution in [0, 0.1) is 62.3 Å². The van der Waals surface area contributed by atoms with Crippen LogP contribution in [0.25, 0.3) is 90.9 Å². The normalized spacial score (nSPS) is 12.3. The highest BCUT2D eigenvalue weighted by atomic mass is 16.5. The molecule has 5 heterocycles. The molecule has 7 aromatic rings. The molecule has 0 aliphatic carbocycles. The summed E-state index contributed by atoms with van der Waals surface area (Å²) in [5, 5.41) is 0. The fourth-order valence-electron chi connectivity index (χ4n) is 11.7. The number of quaternary nitrogens is 1. The first-order chi connectivity index (χ1) is 34.5. The topological polar surface area (TPSA) is 66.6 Å². The number of aromatic amines is 2. The third-order valence-electron chi connectivity index (χ3n) is 14.7. The zero-order valence-electron chi connectivity index (χ0n) is 45.2. The van der Waals surface area contributed by atoms with Gasteiger partial charge in [-0.1, -0.05) is 97.3 Å². The Labute approximate surface area is 429 Å². The second kappa shape index (κ2) is 21.1. The van der Waals surface area contributed by atoms with Crippen LogP contribution in [0.1, 0.15) is 124 Å². The van der Waals surface area contributed by atoms with Crippen LogP contribution in [0.5, 0.6) is 5.75 Å². The molecule has 72 heavy (non-hydrogen) atoms. The molecule has 3 aromatic heterocycles. The summed E-state index contributed by atoms with van der Waals surface area (Å²) in [5.74, 6) is 0.892. The summed E-state index contributed by atoms with van der Waals surface area (Å²) in [6.07, 6.45) is 19.0. The van der Waals surface area contributed by atoms with Crippen molar-refractivity contribution in [2.24, 2.45) is 0 Å². The zero-order valence-corrected chi connectivity index (χ0v) is 45.2. The highest BCUT2D eigenvalue weighted by Crippen LogP contribution is 2.42. The number of aromatic nitrogens is 4. The molecule has 2 aliphatic heterocycles. The number of nitrogens with one attached hydrogen (secondary N) is 2. The molecule has 370 valence electrons. The van der Waals surface area contributed by atoms with Crippen molar-refractivity contribution in [3.05, 3.63) is 158 Å². The third-order valence-corrected chi connectivity index (χ3v) is 14.7. The van der Waals surface area contributed by atoms with Gasteiger partial charge in [0.25, 0.3) is 0 Å².